The van der Waals surface area contributed by atoms with Gasteiger partial charge in [0.1, 0.15) is 0 Å². The Kier molecular flexibility index (Phi) is 17.4. The minimum Gasteiger partial charge on any atom is -0.414 e. The number of nitriles is 2. The predicted molar refractivity (Wildman–Crippen MR) is 341 cm³/mol. The van der Waals surface area contributed by atoms with Crippen molar-refractivity contribution in [3.05, 3.63) is 122 Å². The summed E-state index contributed by atoms with van der Waals surface area (Å²) in [6.45, 7) is 35.9. The summed E-state index contributed by atoms with van der Waals surface area (Å²) in [5.74, 6) is 0. The Morgan fingerprint density at radius 2 is 1.05 bits per heavy atom. The van der Waals surface area contributed by atoms with E-state index in [1.54, 1.807) is 0 Å². The van der Waals surface area contributed by atoms with Crippen LogP contribution in [0.2, 0.25) is 36.3 Å². The summed E-state index contributed by atoms with van der Waals surface area (Å²) in [5.41, 5.74) is 15.5. The van der Waals surface area contributed by atoms with Crippen LogP contribution in [0.1, 0.15) is 190 Å². The Labute approximate surface area is 491 Å². The van der Waals surface area contributed by atoms with E-state index in [0.29, 0.717) is 24.3 Å². The zero-order valence-electron chi connectivity index (χ0n) is 51.5. The average molecular weight is 1180 g/mol. The van der Waals surface area contributed by atoms with Gasteiger partial charge < -0.3 is 27.3 Å². The van der Waals surface area contributed by atoms with Gasteiger partial charge in [-0.2, -0.15) is 10.5 Å². The molecule has 0 amide bonds. The molecule has 0 radical (unpaired) electrons. The van der Waals surface area contributed by atoms with Gasteiger partial charge in [0.15, 0.2) is 16.6 Å². The van der Waals surface area contributed by atoms with Crippen molar-refractivity contribution in [1.29, 1.82) is 10.5 Å². The van der Waals surface area contributed by atoms with E-state index in [1.165, 1.54) is 93.8 Å². The summed E-state index contributed by atoms with van der Waals surface area (Å²) >= 11 is 3.69. The number of halogens is 1. The lowest BCUT2D eigenvalue weighted by atomic mass is 9.72. The fourth-order valence-electron chi connectivity index (χ4n) is 12.6. The molecule has 0 bridgehead atoms. The first-order valence-corrected chi connectivity index (χ1v) is 36.8. The maximum absolute atomic E-state index is 9.79. The van der Waals surface area contributed by atoms with Gasteiger partial charge in [0.05, 0.1) is 34.5 Å². The summed E-state index contributed by atoms with van der Waals surface area (Å²) < 4.78 is 31.9. The maximum atomic E-state index is 9.79. The standard InChI is InChI=1S/C31H40N2OSi.C21H29BrN2OSi.C16H23BO2/c1-21-16-30-28(17-23(21)19-32)29(27-13-9-11-22-10-7-8-12-26(22)27)20-33(30)24-14-15-25(18-24)34-35(5,6)31(2,3)4;1-14-9-20-18(10-15(14)12-23)19(22)13-24(20)16-7-8-17(11-16)25-26(5,6)21(2,3)4;1-15(2)16(3,4)19-17(18-15)14-11-7-9-12-8-5-6-10-13(12)14/h9,11,13,16-17,20,24-25H,7-8,10,12,14-15,18H2,1-6H3;9-10,13,16-17H,7-8,11H2,1-6H3;7,9,11H,5-6,8,10H2,1-4H3/t24-,25-;16-,17-;/m11./s1. The molecule has 6 aromatic rings. The molecule has 3 fully saturated rings. The monoisotopic (exact) mass is 1170 g/mol. The number of benzene rings is 4. The highest BCUT2D eigenvalue weighted by Crippen LogP contribution is 2.47. The van der Waals surface area contributed by atoms with Gasteiger partial charge in [-0.15, -0.1) is 0 Å². The van der Waals surface area contributed by atoms with E-state index in [-0.39, 0.29) is 28.4 Å². The lowest BCUT2D eigenvalue weighted by molar-refractivity contribution is 0.00578. The highest BCUT2D eigenvalue weighted by atomic mass is 79.9. The smallest absolute Gasteiger partial charge is 0.414 e. The summed E-state index contributed by atoms with van der Waals surface area (Å²) in [7, 11) is -3.72. The van der Waals surface area contributed by atoms with Crippen LogP contribution in [0.5, 0.6) is 0 Å². The lowest BCUT2D eigenvalue weighted by Gasteiger charge is -2.38. The number of nitrogens with zero attached hydrogens (tertiary/aromatic N) is 4. The van der Waals surface area contributed by atoms with Crippen LogP contribution in [0.25, 0.3) is 32.9 Å². The van der Waals surface area contributed by atoms with Gasteiger partial charge >= 0.3 is 7.12 Å². The first-order chi connectivity index (χ1) is 37.5. The highest BCUT2D eigenvalue weighted by Gasteiger charge is 2.52. The first-order valence-electron chi connectivity index (χ1n) is 30.2. The third-order valence-electron chi connectivity index (χ3n) is 20.2. The zero-order valence-corrected chi connectivity index (χ0v) is 55.1. The number of aryl methyl sites for hydroxylation is 4. The van der Waals surface area contributed by atoms with E-state index >= 15 is 0 Å². The van der Waals surface area contributed by atoms with Crippen molar-refractivity contribution in [2.24, 2.45) is 0 Å². The minimum atomic E-state index is -1.78. The fraction of sp³-hybridized carbons (Fsp3) is 0.559. The van der Waals surface area contributed by atoms with Crippen LogP contribution in [-0.2, 0) is 43.8 Å². The molecule has 4 aromatic carbocycles. The van der Waals surface area contributed by atoms with E-state index in [1.807, 2.05) is 13.0 Å². The van der Waals surface area contributed by atoms with E-state index in [4.69, 9.17) is 18.2 Å². The van der Waals surface area contributed by atoms with Crippen LogP contribution in [-0.4, -0.2) is 56.3 Å². The number of hydrogen-bond donors (Lipinski definition) is 0. The van der Waals surface area contributed by atoms with Gasteiger partial charge in [-0.25, -0.2) is 0 Å². The fourth-order valence-corrected chi connectivity index (χ4v) is 15.9. The van der Waals surface area contributed by atoms with Crippen LogP contribution >= 0.6 is 15.9 Å². The Bertz CT molecular complexity index is 3330. The summed E-state index contributed by atoms with van der Waals surface area (Å²) in [4.78, 5) is 0. The number of fused-ring (bicyclic) bond motifs is 4. The van der Waals surface area contributed by atoms with E-state index in [0.717, 1.165) is 83.5 Å². The van der Waals surface area contributed by atoms with Crippen molar-refractivity contribution in [2.45, 2.75) is 245 Å². The molecule has 11 rings (SSSR count). The molecule has 8 nitrogen and oxygen atoms in total. The molecule has 0 spiro atoms. The molecule has 0 N–H and O–H groups in total. The molecule has 2 aromatic heterocycles. The number of rotatable bonds is 8. The quantitative estimate of drug-likeness (QED) is 0.141. The molecule has 1 saturated heterocycles. The van der Waals surface area contributed by atoms with Gasteiger partial charge in [-0.05, 0) is 252 Å². The SMILES string of the molecule is CC1(C)OB(c2cccc3c2CCCC3)OC1(C)C.Cc1cc2c(cc1C#N)c(-c1cccc3c1CCCC3)cn2[C@@H]1CC[C@@H](O[Si](C)(C)C(C)(C)C)C1.Cc1cc2c(cc1C#N)c(Br)cn2[C@@H]1CC[C@@H](O[Si](C)(C)C(C)(C)C)C1. The Morgan fingerprint density at radius 1 is 0.600 bits per heavy atom. The number of hydrogen-bond acceptors (Lipinski definition) is 6. The van der Waals surface area contributed by atoms with Gasteiger partial charge in [0.25, 0.3) is 0 Å². The Hall–Kier alpha value is -4.24. The van der Waals surface area contributed by atoms with Crippen LogP contribution in [0.15, 0.2) is 77.5 Å². The molecule has 5 aliphatic rings. The van der Waals surface area contributed by atoms with Gasteiger partial charge in [0, 0.05) is 68.5 Å². The summed E-state index contributed by atoms with van der Waals surface area (Å²) in [5, 5.41) is 21.9. The van der Waals surface area contributed by atoms with E-state index in [9.17, 15) is 10.5 Å². The lowest BCUT2D eigenvalue weighted by Crippen LogP contribution is -2.43. The largest absolute Gasteiger partial charge is 0.495 e. The molecule has 1 aliphatic heterocycles. The van der Waals surface area contributed by atoms with Crippen molar-refractivity contribution < 1.29 is 18.2 Å². The van der Waals surface area contributed by atoms with Gasteiger partial charge in [-0.3, -0.25) is 0 Å². The van der Waals surface area contributed by atoms with E-state index < -0.39 is 16.6 Å². The molecular weight excluding hydrogens is 1080 g/mol. The molecular formula is C68H92BBrN4O4Si2. The third-order valence-corrected chi connectivity index (χ3v) is 29.9. The summed E-state index contributed by atoms with van der Waals surface area (Å²) in [6, 6.07) is 27.6. The van der Waals surface area contributed by atoms with Crippen LogP contribution in [0.4, 0.5) is 0 Å². The van der Waals surface area contributed by atoms with Crippen molar-refractivity contribution in [1.82, 2.24) is 9.13 Å². The normalized spacial score (nSPS) is 21.8. The molecule has 12 heteroatoms. The minimum absolute atomic E-state index is 0.210. The second-order valence-corrected chi connectivity index (χ2v) is 38.7. The molecule has 2 saturated carbocycles. The third kappa shape index (κ3) is 12.2. The Balaban J connectivity index is 0.000000152. The Morgan fingerprint density at radius 3 is 1.56 bits per heavy atom. The van der Waals surface area contributed by atoms with Crippen molar-refractivity contribution in [3.8, 4) is 23.3 Å². The van der Waals surface area contributed by atoms with Crippen LogP contribution < -0.4 is 5.46 Å². The first kappa shape index (κ1) is 60.4. The molecule has 4 aliphatic carbocycles. The van der Waals surface area contributed by atoms with Crippen molar-refractivity contribution in [2.75, 3.05) is 0 Å². The maximum Gasteiger partial charge on any atom is 0.495 e. The topological polar surface area (TPSA) is 94.4 Å². The zero-order chi connectivity index (χ0) is 57.9. The molecule has 426 valence electrons. The molecule has 80 heavy (non-hydrogen) atoms. The van der Waals surface area contributed by atoms with Crippen molar-refractivity contribution in [3.63, 3.8) is 0 Å². The predicted octanol–water partition coefficient (Wildman–Crippen LogP) is 18.0. The van der Waals surface area contributed by atoms with Crippen LogP contribution in [0.3, 0.4) is 0 Å². The van der Waals surface area contributed by atoms with E-state index in [2.05, 4.69) is 207 Å². The molecule has 0 unspecified atom stereocenters. The second-order valence-electron chi connectivity index (χ2n) is 28.3. The molecule has 3 heterocycles. The van der Waals surface area contributed by atoms with Crippen molar-refractivity contribution >= 4 is 67.0 Å². The molecule has 4 atom stereocenters. The second kappa shape index (κ2) is 23.1. The van der Waals surface area contributed by atoms with Gasteiger partial charge in [0.2, 0.25) is 0 Å². The van der Waals surface area contributed by atoms with Crippen LogP contribution in [0, 0.1) is 36.5 Å². The average Bonchev–Trinajstić information content (AvgIpc) is 4.34. The van der Waals surface area contributed by atoms with Gasteiger partial charge in [-0.1, -0.05) is 77.9 Å². The highest BCUT2D eigenvalue weighted by molar-refractivity contribution is 9.10. The number of aromatic nitrogens is 2. The summed E-state index contributed by atoms with van der Waals surface area (Å²) in [6.07, 6.45) is 21.8.